The first kappa shape index (κ1) is 15.3. The number of nitrogens with one attached hydrogen (secondary N) is 2. The lowest BCUT2D eigenvalue weighted by Gasteiger charge is -2.36. The predicted molar refractivity (Wildman–Crippen MR) is 79.7 cm³/mol. The van der Waals surface area contributed by atoms with Gasteiger partial charge >= 0.3 is 0 Å². The molecule has 1 aromatic rings. The molecule has 3 N–H and O–H groups in total. The third-order valence-corrected chi connectivity index (χ3v) is 3.66. The van der Waals surface area contributed by atoms with Crippen LogP contribution in [-0.2, 0) is 4.79 Å². The van der Waals surface area contributed by atoms with Crippen molar-refractivity contribution in [2.45, 2.75) is 38.0 Å². The summed E-state index contributed by atoms with van der Waals surface area (Å²) in [6, 6.07) is 7.09. The molecule has 1 fully saturated rings. The van der Waals surface area contributed by atoms with Crippen molar-refractivity contribution in [3.8, 4) is 0 Å². The van der Waals surface area contributed by atoms with E-state index in [1.807, 2.05) is 0 Å². The maximum absolute atomic E-state index is 12.0. The van der Waals surface area contributed by atoms with E-state index in [1.165, 1.54) is 6.08 Å². The maximum atomic E-state index is 12.0. The summed E-state index contributed by atoms with van der Waals surface area (Å²) in [6.45, 7) is 5.08. The highest BCUT2D eigenvalue weighted by Crippen LogP contribution is 2.20. The second-order valence-electron chi connectivity index (χ2n) is 5.35. The Bertz CT molecular complexity index is 531. The molecule has 1 aliphatic rings. The highest BCUT2D eigenvalue weighted by atomic mass is 16.3. The number of hydrogen-bond acceptors (Lipinski definition) is 3. The Morgan fingerprint density at radius 3 is 2.33 bits per heavy atom. The van der Waals surface area contributed by atoms with Gasteiger partial charge in [-0.3, -0.25) is 9.59 Å². The van der Waals surface area contributed by atoms with Gasteiger partial charge in [-0.05, 0) is 43.5 Å². The van der Waals surface area contributed by atoms with Crippen molar-refractivity contribution in [2.75, 3.05) is 0 Å². The average Bonchev–Trinajstić information content (AvgIpc) is 2.44. The van der Waals surface area contributed by atoms with Crippen LogP contribution in [0.15, 0.2) is 36.9 Å². The third kappa shape index (κ3) is 3.92. The highest BCUT2D eigenvalue weighted by molar-refractivity contribution is 5.94. The van der Waals surface area contributed by atoms with E-state index in [1.54, 1.807) is 31.2 Å². The van der Waals surface area contributed by atoms with Crippen LogP contribution in [0.2, 0.25) is 0 Å². The topological polar surface area (TPSA) is 78.4 Å². The fraction of sp³-hybridized carbons (Fsp3) is 0.375. The number of carbonyl (C=O) groups is 2. The molecule has 0 saturated heterocycles. The van der Waals surface area contributed by atoms with Gasteiger partial charge in [0.05, 0.1) is 6.10 Å². The van der Waals surface area contributed by atoms with Crippen LogP contribution in [0, 0.1) is 0 Å². The van der Waals surface area contributed by atoms with Crippen LogP contribution in [0.3, 0.4) is 0 Å². The normalized spacial score (nSPS) is 21.8. The van der Waals surface area contributed by atoms with E-state index in [-0.39, 0.29) is 23.9 Å². The summed E-state index contributed by atoms with van der Waals surface area (Å²) in [4.78, 5) is 23.2. The Labute approximate surface area is 124 Å². The lowest BCUT2D eigenvalue weighted by Crippen LogP contribution is -2.53. The summed E-state index contributed by atoms with van der Waals surface area (Å²) in [5.74, 6) is -0.316. The molecule has 0 bridgehead atoms. The maximum Gasteiger partial charge on any atom is 0.251 e. The molecule has 0 heterocycles. The molecule has 0 aliphatic heterocycles. The Kier molecular flexibility index (Phi) is 4.75. The second kappa shape index (κ2) is 6.54. The first-order chi connectivity index (χ1) is 9.99. The SMILES string of the molecule is C=CC(=O)NC1CC(NC(=O)c2ccc([C@H](C)O)cc2)C1. The van der Waals surface area contributed by atoms with Gasteiger partial charge in [0, 0.05) is 17.6 Å². The Morgan fingerprint density at radius 2 is 1.81 bits per heavy atom. The molecule has 2 amide bonds. The Morgan fingerprint density at radius 1 is 1.24 bits per heavy atom. The van der Waals surface area contributed by atoms with Gasteiger partial charge in [-0.1, -0.05) is 18.7 Å². The molecule has 2 rings (SSSR count). The number of aliphatic hydroxyl groups is 1. The molecule has 0 spiro atoms. The molecule has 0 unspecified atom stereocenters. The summed E-state index contributed by atoms with van der Waals surface area (Å²) < 4.78 is 0. The summed E-state index contributed by atoms with van der Waals surface area (Å²) >= 11 is 0. The molecule has 5 heteroatoms. The van der Waals surface area contributed by atoms with E-state index >= 15 is 0 Å². The number of amides is 2. The van der Waals surface area contributed by atoms with Crippen molar-refractivity contribution in [3.63, 3.8) is 0 Å². The number of rotatable bonds is 5. The van der Waals surface area contributed by atoms with Crippen molar-refractivity contribution >= 4 is 11.8 Å². The average molecular weight is 288 g/mol. The van der Waals surface area contributed by atoms with E-state index in [0.29, 0.717) is 5.56 Å². The zero-order chi connectivity index (χ0) is 15.4. The lowest BCUT2D eigenvalue weighted by molar-refractivity contribution is -0.117. The molecule has 1 atom stereocenters. The summed E-state index contributed by atoms with van der Waals surface area (Å²) in [5, 5.41) is 15.1. The van der Waals surface area contributed by atoms with Crippen LogP contribution in [0.5, 0.6) is 0 Å². The molecule has 21 heavy (non-hydrogen) atoms. The van der Waals surface area contributed by atoms with Gasteiger partial charge in [0.25, 0.3) is 5.91 Å². The summed E-state index contributed by atoms with van der Waals surface area (Å²) in [7, 11) is 0. The first-order valence-corrected chi connectivity index (χ1v) is 7.01. The largest absolute Gasteiger partial charge is 0.389 e. The number of carbonyl (C=O) groups excluding carboxylic acids is 2. The molecular weight excluding hydrogens is 268 g/mol. The van der Waals surface area contributed by atoms with Gasteiger partial charge in [-0.15, -0.1) is 0 Å². The monoisotopic (exact) mass is 288 g/mol. The number of benzene rings is 1. The van der Waals surface area contributed by atoms with Crippen LogP contribution in [-0.4, -0.2) is 29.0 Å². The van der Waals surface area contributed by atoms with Crippen LogP contribution >= 0.6 is 0 Å². The van der Waals surface area contributed by atoms with E-state index in [4.69, 9.17) is 0 Å². The van der Waals surface area contributed by atoms with Gasteiger partial charge in [0.1, 0.15) is 0 Å². The standard InChI is InChI=1S/C16H20N2O3/c1-3-15(20)17-13-8-14(9-13)18-16(21)12-6-4-11(5-7-12)10(2)19/h3-7,10,13-14,19H,1,8-9H2,2H3,(H,17,20)(H,18,21)/t10-,13?,14?/m0/s1. The zero-order valence-electron chi connectivity index (χ0n) is 12.0. The predicted octanol–water partition coefficient (Wildman–Crippen LogP) is 1.30. The molecule has 0 aromatic heterocycles. The molecule has 112 valence electrons. The number of hydrogen-bond donors (Lipinski definition) is 3. The molecule has 1 aliphatic carbocycles. The van der Waals surface area contributed by atoms with Gasteiger partial charge < -0.3 is 15.7 Å². The van der Waals surface area contributed by atoms with Crippen molar-refractivity contribution in [1.82, 2.24) is 10.6 Å². The van der Waals surface area contributed by atoms with Crippen molar-refractivity contribution in [3.05, 3.63) is 48.0 Å². The van der Waals surface area contributed by atoms with Crippen molar-refractivity contribution < 1.29 is 14.7 Å². The minimum Gasteiger partial charge on any atom is -0.389 e. The van der Waals surface area contributed by atoms with E-state index in [0.717, 1.165) is 18.4 Å². The molecule has 5 nitrogen and oxygen atoms in total. The third-order valence-electron chi connectivity index (χ3n) is 3.66. The second-order valence-corrected chi connectivity index (χ2v) is 5.35. The van der Waals surface area contributed by atoms with E-state index in [2.05, 4.69) is 17.2 Å². The van der Waals surface area contributed by atoms with Crippen molar-refractivity contribution in [1.29, 1.82) is 0 Å². The lowest BCUT2D eigenvalue weighted by atomic mass is 9.86. The van der Waals surface area contributed by atoms with Crippen LogP contribution in [0.4, 0.5) is 0 Å². The highest BCUT2D eigenvalue weighted by Gasteiger charge is 2.31. The molecule has 0 radical (unpaired) electrons. The van der Waals surface area contributed by atoms with Gasteiger partial charge in [0.15, 0.2) is 0 Å². The van der Waals surface area contributed by atoms with Crippen LogP contribution < -0.4 is 10.6 Å². The van der Waals surface area contributed by atoms with E-state index < -0.39 is 6.10 Å². The smallest absolute Gasteiger partial charge is 0.251 e. The van der Waals surface area contributed by atoms with Gasteiger partial charge in [0.2, 0.25) is 5.91 Å². The first-order valence-electron chi connectivity index (χ1n) is 7.01. The Balaban J connectivity index is 1.81. The molecule has 1 saturated carbocycles. The minimum absolute atomic E-state index is 0.0871. The fourth-order valence-corrected chi connectivity index (χ4v) is 2.30. The molecule has 1 aromatic carbocycles. The minimum atomic E-state index is -0.539. The van der Waals surface area contributed by atoms with Crippen LogP contribution in [0.1, 0.15) is 41.8 Å². The number of aliphatic hydroxyl groups excluding tert-OH is 1. The van der Waals surface area contributed by atoms with Crippen LogP contribution in [0.25, 0.3) is 0 Å². The Hall–Kier alpha value is -2.14. The van der Waals surface area contributed by atoms with Gasteiger partial charge in [-0.25, -0.2) is 0 Å². The van der Waals surface area contributed by atoms with Crippen molar-refractivity contribution in [2.24, 2.45) is 0 Å². The zero-order valence-corrected chi connectivity index (χ0v) is 12.0. The molecular formula is C16H20N2O3. The quantitative estimate of drug-likeness (QED) is 0.715. The van der Waals surface area contributed by atoms with E-state index in [9.17, 15) is 14.7 Å². The van der Waals surface area contributed by atoms with Gasteiger partial charge in [-0.2, -0.15) is 0 Å². The summed E-state index contributed by atoms with van der Waals surface area (Å²) in [5.41, 5.74) is 1.35. The fourth-order valence-electron chi connectivity index (χ4n) is 2.30. The summed E-state index contributed by atoms with van der Waals surface area (Å²) in [6.07, 6.45) is 2.17.